The second-order valence-electron chi connectivity index (χ2n) is 5.76. The molecule has 2 aliphatic rings. The maximum atomic E-state index is 5.71. The molecule has 1 fully saturated rings. The van der Waals surface area contributed by atoms with Gasteiger partial charge in [-0.05, 0) is 18.4 Å². The summed E-state index contributed by atoms with van der Waals surface area (Å²) < 4.78 is 5.71. The predicted octanol–water partition coefficient (Wildman–Crippen LogP) is 3.62. The van der Waals surface area contributed by atoms with Crippen molar-refractivity contribution >= 4 is 16.9 Å². The van der Waals surface area contributed by atoms with Crippen molar-refractivity contribution in [2.75, 3.05) is 12.4 Å². The molecule has 108 valence electrons. The molecule has 0 amide bonds. The monoisotopic (exact) mass is 290 g/mol. The zero-order valence-corrected chi connectivity index (χ0v) is 13.0. The molecule has 4 heteroatoms. The molecule has 2 unspecified atom stereocenters. The van der Waals surface area contributed by atoms with Crippen LogP contribution in [0.25, 0.3) is 0 Å². The Morgan fingerprint density at radius 3 is 3.00 bits per heavy atom. The van der Waals surface area contributed by atoms with E-state index in [9.17, 15) is 0 Å². The normalized spacial score (nSPS) is 27.9. The number of para-hydroxylation sites is 1. The first-order valence-corrected chi connectivity index (χ1v) is 8.41. The molecule has 2 aliphatic heterocycles. The van der Waals surface area contributed by atoms with Crippen LogP contribution in [0.3, 0.4) is 0 Å². The first kappa shape index (κ1) is 13.8. The van der Waals surface area contributed by atoms with Crippen LogP contribution in [-0.2, 0) is 0 Å². The van der Waals surface area contributed by atoms with Gasteiger partial charge in [0.15, 0.2) is 5.17 Å². The minimum Gasteiger partial charge on any atom is -0.493 e. The second-order valence-corrected chi connectivity index (χ2v) is 6.84. The number of nitrogens with zero attached hydrogens (tertiary/aromatic N) is 1. The van der Waals surface area contributed by atoms with E-state index < -0.39 is 0 Å². The Hall–Kier alpha value is -1.16. The molecular weight excluding hydrogens is 268 g/mol. The Balaban J connectivity index is 1.79. The molecule has 0 aromatic heterocycles. The summed E-state index contributed by atoms with van der Waals surface area (Å²) in [5, 5.41) is 4.71. The molecule has 1 aromatic rings. The van der Waals surface area contributed by atoms with Crippen LogP contribution in [0, 0.1) is 5.92 Å². The highest BCUT2D eigenvalue weighted by Crippen LogP contribution is 2.35. The lowest BCUT2D eigenvalue weighted by Gasteiger charge is -2.30. The fourth-order valence-electron chi connectivity index (χ4n) is 2.73. The number of ether oxygens (including phenoxy) is 1. The van der Waals surface area contributed by atoms with Gasteiger partial charge in [0.05, 0.1) is 12.6 Å². The number of hydrogen-bond acceptors (Lipinski definition) is 3. The van der Waals surface area contributed by atoms with Crippen molar-refractivity contribution in [3.63, 3.8) is 0 Å². The Morgan fingerprint density at radius 2 is 2.15 bits per heavy atom. The number of rotatable bonds is 2. The Bertz CT molecular complexity index is 501. The second kappa shape index (κ2) is 6.08. The van der Waals surface area contributed by atoms with E-state index in [1.807, 2.05) is 23.9 Å². The zero-order chi connectivity index (χ0) is 13.9. The van der Waals surface area contributed by atoms with Crippen LogP contribution >= 0.6 is 11.8 Å². The van der Waals surface area contributed by atoms with Gasteiger partial charge in [0.1, 0.15) is 5.75 Å². The number of benzene rings is 1. The Kier molecular flexibility index (Phi) is 4.20. The van der Waals surface area contributed by atoms with Gasteiger partial charge in [0, 0.05) is 23.8 Å². The van der Waals surface area contributed by atoms with Crippen LogP contribution in [0.4, 0.5) is 0 Å². The summed E-state index contributed by atoms with van der Waals surface area (Å²) in [5.41, 5.74) is 1.22. The molecule has 20 heavy (non-hydrogen) atoms. The average molecular weight is 290 g/mol. The van der Waals surface area contributed by atoms with Crippen LogP contribution in [0.15, 0.2) is 29.3 Å². The zero-order valence-electron chi connectivity index (χ0n) is 12.1. The number of nitrogens with one attached hydrogen (secondary N) is 1. The lowest BCUT2D eigenvalue weighted by atomic mass is 10.0. The smallest absolute Gasteiger partial charge is 0.157 e. The van der Waals surface area contributed by atoms with Crippen LogP contribution in [-0.4, -0.2) is 23.6 Å². The largest absolute Gasteiger partial charge is 0.493 e. The van der Waals surface area contributed by atoms with Crippen molar-refractivity contribution in [3.05, 3.63) is 29.8 Å². The lowest BCUT2D eigenvalue weighted by molar-refractivity contribution is 0.269. The highest BCUT2D eigenvalue weighted by atomic mass is 32.2. The summed E-state index contributed by atoms with van der Waals surface area (Å²) in [6.07, 6.45) is 2.20. The minimum atomic E-state index is 0.237. The van der Waals surface area contributed by atoms with Gasteiger partial charge in [-0.1, -0.05) is 43.8 Å². The van der Waals surface area contributed by atoms with Gasteiger partial charge in [-0.3, -0.25) is 4.99 Å². The Morgan fingerprint density at radius 1 is 1.30 bits per heavy atom. The van der Waals surface area contributed by atoms with Crippen LogP contribution in [0.1, 0.15) is 38.3 Å². The summed E-state index contributed by atoms with van der Waals surface area (Å²) in [6, 6.07) is 9.07. The van der Waals surface area contributed by atoms with E-state index in [2.05, 4.69) is 31.3 Å². The third kappa shape index (κ3) is 2.95. The maximum Gasteiger partial charge on any atom is 0.157 e. The van der Waals surface area contributed by atoms with Crippen molar-refractivity contribution in [1.82, 2.24) is 5.32 Å². The van der Waals surface area contributed by atoms with Crippen LogP contribution in [0.2, 0.25) is 0 Å². The SMILES string of the molecule is CC(C)C1CCSC(=NC2CCOc3ccccc32)N1. The maximum absolute atomic E-state index is 5.71. The molecule has 0 spiro atoms. The first-order chi connectivity index (χ1) is 9.74. The van der Waals surface area contributed by atoms with Gasteiger partial charge in [-0.15, -0.1) is 0 Å². The van der Waals surface area contributed by atoms with Gasteiger partial charge in [-0.2, -0.15) is 0 Å². The quantitative estimate of drug-likeness (QED) is 0.903. The van der Waals surface area contributed by atoms with Crippen molar-refractivity contribution in [2.45, 2.75) is 38.8 Å². The lowest BCUT2D eigenvalue weighted by Crippen LogP contribution is -2.41. The van der Waals surface area contributed by atoms with Crippen LogP contribution in [0.5, 0.6) is 5.75 Å². The molecule has 1 N–H and O–H groups in total. The number of thioether (sulfide) groups is 1. The Labute approximate surface area is 125 Å². The molecule has 3 nitrogen and oxygen atoms in total. The summed E-state index contributed by atoms with van der Waals surface area (Å²) in [6.45, 7) is 5.31. The minimum absolute atomic E-state index is 0.237. The number of aliphatic imine (C=N–C) groups is 1. The molecule has 0 saturated carbocycles. The first-order valence-electron chi connectivity index (χ1n) is 7.43. The van der Waals surface area contributed by atoms with Gasteiger partial charge in [-0.25, -0.2) is 0 Å². The molecule has 1 saturated heterocycles. The van der Waals surface area contributed by atoms with Crippen molar-refractivity contribution in [1.29, 1.82) is 0 Å². The van der Waals surface area contributed by atoms with Gasteiger partial charge < -0.3 is 10.1 Å². The molecule has 2 heterocycles. The summed E-state index contributed by atoms with van der Waals surface area (Å²) in [5.74, 6) is 2.82. The van der Waals surface area contributed by atoms with E-state index in [0.717, 1.165) is 23.9 Å². The standard InChI is InChI=1S/C16H22N2OS/c1-11(2)13-8-10-20-16(17-13)18-14-7-9-19-15-6-4-3-5-12(14)15/h3-6,11,13-14H,7-10H2,1-2H3,(H,17,18). The van der Waals surface area contributed by atoms with Crippen molar-refractivity contribution in [2.24, 2.45) is 10.9 Å². The molecule has 2 atom stereocenters. The van der Waals surface area contributed by atoms with E-state index in [1.165, 1.54) is 17.7 Å². The van der Waals surface area contributed by atoms with E-state index in [4.69, 9.17) is 9.73 Å². The number of hydrogen-bond donors (Lipinski definition) is 1. The molecule has 0 radical (unpaired) electrons. The highest BCUT2D eigenvalue weighted by molar-refractivity contribution is 8.13. The summed E-state index contributed by atoms with van der Waals surface area (Å²) >= 11 is 1.85. The van der Waals surface area contributed by atoms with Gasteiger partial charge >= 0.3 is 0 Å². The molecular formula is C16H22N2OS. The number of fused-ring (bicyclic) bond motifs is 1. The number of amidine groups is 1. The third-order valence-electron chi connectivity index (χ3n) is 3.98. The average Bonchev–Trinajstić information content (AvgIpc) is 2.48. The topological polar surface area (TPSA) is 33.6 Å². The predicted molar refractivity (Wildman–Crippen MR) is 85.6 cm³/mol. The van der Waals surface area contributed by atoms with E-state index >= 15 is 0 Å². The van der Waals surface area contributed by atoms with E-state index in [-0.39, 0.29) is 6.04 Å². The van der Waals surface area contributed by atoms with E-state index in [0.29, 0.717) is 12.0 Å². The molecule has 0 bridgehead atoms. The molecule has 3 rings (SSSR count). The summed E-state index contributed by atoms with van der Waals surface area (Å²) in [7, 11) is 0. The van der Waals surface area contributed by atoms with Gasteiger partial charge in [0.2, 0.25) is 0 Å². The van der Waals surface area contributed by atoms with E-state index in [1.54, 1.807) is 0 Å². The molecule has 1 aromatic carbocycles. The van der Waals surface area contributed by atoms with Gasteiger partial charge in [0.25, 0.3) is 0 Å². The molecule has 0 aliphatic carbocycles. The highest BCUT2D eigenvalue weighted by Gasteiger charge is 2.24. The fraction of sp³-hybridized carbons (Fsp3) is 0.562. The van der Waals surface area contributed by atoms with Crippen molar-refractivity contribution < 1.29 is 4.74 Å². The van der Waals surface area contributed by atoms with Crippen molar-refractivity contribution in [3.8, 4) is 5.75 Å². The summed E-state index contributed by atoms with van der Waals surface area (Å²) in [4.78, 5) is 4.96. The van der Waals surface area contributed by atoms with Crippen LogP contribution < -0.4 is 10.1 Å². The fourth-order valence-corrected chi connectivity index (χ4v) is 3.73. The third-order valence-corrected chi connectivity index (χ3v) is 4.92.